The van der Waals surface area contributed by atoms with Crippen LogP contribution in [-0.4, -0.2) is 11.1 Å². The Kier molecular flexibility index (Phi) is 8.06. The minimum atomic E-state index is -0.841. The van der Waals surface area contributed by atoms with E-state index in [1.165, 1.54) is 19.3 Å². The summed E-state index contributed by atoms with van der Waals surface area (Å²) in [4.78, 5) is 10.7. The molecular weight excluding hydrogens is 188 g/mol. The zero-order valence-corrected chi connectivity index (χ0v) is 10.1. The molecule has 0 aliphatic carbocycles. The lowest BCUT2D eigenvalue weighted by Gasteiger charge is -2.15. The van der Waals surface area contributed by atoms with E-state index in [1.807, 2.05) is 0 Å². The molecule has 15 heavy (non-hydrogen) atoms. The van der Waals surface area contributed by atoms with E-state index in [9.17, 15) is 4.79 Å². The summed E-state index contributed by atoms with van der Waals surface area (Å²) in [5.41, 5.74) is 0.366. The Morgan fingerprint density at radius 2 is 1.87 bits per heavy atom. The van der Waals surface area contributed by atoms with Crippen molar-refractivity contribution in [3.8, 4) is 0 Å². The van der Waals surface area contributed by atoms with Gasteiger partial charge in [-0.2, -0.15) is 0 Å². The normalized spacial score (nSPS) is 12.4. The molecule has 0 amide bonds. The number of hydrogen-bond donors (Lipinski definition) is 1. The van der Waals surface area contributed by atoms with Crippen molar-refractivity contribution in [3.63, 3.8) is 0 Å². The number of rotatable bonds is 9. The van der Waals surface area contributed by atoms with Gasteiger partial charge in [-0.1, -0.05) is 59.0 Å². The first-order valence-electron chi connectivity index (χ1n) is 6.02. The van der Waals surface area contributed by atoms with Crippen molar-refractivity contribution in [2.45, 2.75) is 58.8 Å². The Balaban J connectivity index is 3.91. The largest absolute Gasteiger partial charge is 0.478 e. The van der Waals surface area contributed by atoms with Gasteiger partial charge >= 0.3 is 5.97 Å². The van der Waals surface area contributed by atoms with Crippen molar-refractivity contribution in [2.75, 3.05) is 0 Å². The Bertz CT molecular complexity index is 197. The van der Waals surface area contributed by atoms with E-state index in [0.717, 1.165) is 19.3 Å². The molecule has 0 radical (unpaired) electrons. The second-order valence-electron chi connectivity index (χ2n) is 4.26. The van der Waals surface area contributed by atoms with Crippen LogP contribution < -0.4 is 0 Å². The molecule has 0 fully saturated rings. The molecular formula is C13H24O2. The molecule has 2 nitrogen and oxygen atoms in total. The lowest BCUT2D eigenvalue weighted by molar-refractivity contribution is -0.132. The molecule has 0 aromatic carbocycles. The van der Waals surface area contributed by atoms with E-state index < -0.39 is 5.97 Å². The molecule has 0 heterocycles. The van der Waals surface area contributed by atoms with Crippen molar-refractivity contribution in [2.24, 2.45) is 5.92 Å². The fourth-order valence-corrected chi connectivity index (χ4v) is 1.88. The van der Waals surface area contributed by atoms with Gasteiger partial charge in [-0.05, 0) is 12.3 Å². The third-order valence-electron chi connectivity index (χ3n) is 2.75. The second kappa shape index (κ2) is 8.51. The van der Waals surface area contributed by atoms with Crippen LogP contribution in [0.3, 0.4) is 0 Å². The van der Waals surface area contributed by atoms with Crippen molar-refractivity contribution < 1.29 is 9.90 Å². The SMILES string of the molecule is C=C(CC(CCC)CCCCC)C(=O)O. The van der Waals surface area contributed by atoms with Crippen molar-refractivity contribution in [1.29, 1.82) is 0 Å². The van der Waals surface area contributed by atoms with Crippen molar-refractivity contribution in [1.82, 2.24) is 0 Å². The summed E-state index contributed by atoms with van der Waals surface area (Å²) in [7, 11) is 0. The Morgan fingerprint density at radius 1 is 1.20 bits per heavy atom. The van der Waals surface area contributed by atoms with Gasteiger partial charge in [0.05, 0.1) is 0 Å². The van der Waals surface area contributed by atoms with Crippen LogP contribution in [0.25, 0.3) is 0 Å². The maximum Gasteiger partial charge on any atom is 0.330 e. The van der Waals surface area contributed by atoms with Crippen LogP contribution in [0.15, 0.2) is 12.2 Å². The van der Waals surface area contributed by atoms with Crippen LogP contribution in [0.2, 0.25) is 0 Å². The van der Waals surface area contributed by atoms with Gasteiger partial charge in [0.2, 0.25) is 0 Å². The van der Waals surface area contributed by atoms with Gasteiger partial charge in [0.1, 0.15) is 0 Å². The lowest BCUT2D eigenvalue weighted by atomic mass is 9.90. The molecule has 0 aliphatic heterocycles. The van der Waals surface area contributed by atoms with Crippen LogP contribution in [0.1, 0.15) is 58.8 Å². The van der Waals surface area contributed by atoms with Gasteiger partial charge in [-0.3, -0.25) is 0 Å². The molecule has 1 N–H and O–H groups in total. The zero-order chi connectivity index (χ0) is 11.7. The van der Waals surface area contributed by atoms with Gasteiger partial charge in [0.25, 0.3) is 0 Å². The number of unbranched alkanes of at least 4 members (excludes halogenated alkanes) is 2. The van der Waals surface area contributed by atoms with E-state index in [0.29, 0.717) is 17.9 Å². The predicted octanol–water partition coefficient (Wildman–Crippen LogP) is 4.01. The molecule has 0 rings (SSSR count). The summed E-state index contributed by atoms with van der Waals surface area (Å²) < 4.78 is 0. The summed E-state index contributed by atoms with van der Waals surface area (Å²) in [6.07, 6.45) is 7.74. The first kappa shape index (κ1) is 14.2. The highest BCUT2D eigenvalue weighted by molar-refractivity contribution is 5.85. The first-order valence-corrected chi connectivity index (χ1v) is 6.02. The minimum absolute atomic E-state index is 0.366. The maximum absolute atomic E-state index is 10.7. The van der Waals surface area contributed by atoms with Crippen molar-refractivity contribution in [3.05, 3.63) is 12.2 Å². The van der Waals surface area contributed by atoms with Gasteiger partial charge in [0.15, 0.2) is 0 Å². The van der Waals surface area contributed by atoms with Crippen LogP contribution in [0.5, 0.6) is 0 Å². The highest BCUT2D eigenvalue weighted by Crippen LogP contribution is 2.22. The first-order chi connectivity index (χ1) is 7.11. The minimum Gasteiger partial charge on any atom is -0.478 e. The van der Waals surface area contributed by atoms with Gasteiger partial charge in [-0.15, -0.1) is 0 Å². The van der Waals surface area contributed by atoms with Crippen LogP contribution in [-0.2, 0) is 4.79 Å². The smallest absolute Gasteiger partial charge is 0.330 e. The third kappa shape index (κ3) is 7.18. The molecule has 1 unspecified atom stereocenters. The third-order valence-corrected chi connectivity index (χ3v) is 2.75. The van der Waals surface area contributed by atoms with E-state index in [-0.39, 0.29) is 0 Å². The van der Waals surface area contributed by atoms with Crippen molar-refractivity contribution >= 4 is 5.97 Å². The number of carboxylic acid groups (broad SMARTS) is 1. The average molecular weight is 212 g/mol. The highest BCUT2D eigenvalue weighted by atomic mass is 16.4. The quantitative estimate of drug-likeness (QED) is 0.463. The maximum atomic E-state index is 10.7. The van der Waals surface area contributed by atoms with Gasteiger partial charge < -0.3 is 5.11 Å². The fraction of sp³-hybridized carbons (Fsp3) is 0.769. The number of carboxylic acids is 1. The molecule has 0 spiro atoms. The molecule has 0 aliphatic rings. The molecule has 0 aromatic rings. The van der Waals surface area contributed by atoms with E-state index in [2.05, 4.69) is 20.4 Å². The van der Waals surface area contributed by atoms with E-state index >= 15 is 0 Å². The average Bonchev–Trinajstić information content (AvgIpc) is 2.18. The number of hydrogen-bond acceptors (Lipinski definition) is 1. The summed E-state index contributed by atoms with van der Waals surface area (Å²) in [5.74, 6) is -0.322. The Morgan fingerprint density at radius 3 is 2.33 bits per heavy atom. The molecule has 2 heteroatoms. The Labute approximate surface area is 93.4 Å². The predicted molar refractivity (Wildman–Crippen MR) is 63.9 cm³/mol. The molecule has 0 saturated carbocycles. The van der Waals surface area contributed by atoms with Crippen LogP contribution in [0, 0.1) is 5.92 Å². The van der Waals surface area contributed by atoms with Gasteiger partial charge in [0, 0.05) is 5.57 Å². The summed E-state index contributed by atoms with van der Waals surface area (Å²) in [6, 6.07) is 0. The molecule has 0 bridgehead atoms. The number of carbonyl (C=O) groups is 1. The van der Waals surface area contributed by atoms with E-state index in [4.69, 9.17) is 5.11 Å². The highest BCUT2D eigenvalue weighted by Gasteiger charge is 2.13. The number of aliphatic carboxylic acids is 1. The van der Waals surface area contributed by atoms with Gasteiger partial charge in [-0.25, -0.2) is 4.79 Å². The topological polar surface area (TPSA) is 37.3 Å². The zero-order valence-electron chi connectivity index (χ0n) is 10.1. The Hall–Kier alpha value is -0.790. The summed E-state index contributed by atoms with van der Waals surface area (Å²) in [5, 5.41) is 8.77. The fourth-order valence-electron chi connectivity index (χ4n) is 1.88. The molecule has 0 saturated heterocycles. The molecule has 88 valence electrons. The second-order valence-corrected chi connectivity index (χ2v) is 4.26. The standard InChI is InChI=1S/C13H24O2/c1-4-6-7-9-12(8-5-2)10-11(3)13(14)15/h12H,3-10H2,1-2H3,(H,14,15). The lowest BCUT2D eigenvalue weighted by Crippen LogP contribution is -2.07. The van der Waals surface area contributed by atoms with Crippen LogP contribution in [0.4, 0.5) is 0 Å². The monoisotopic (exact) mass is 212 g/mol. The summed E-state index contributed by atoms with van der Waals surface area (Å²) >= 11 is 0. The molecule has 0 aromatic heterocycles. The van der Waals surface area contributed by atoms with Crippen LogP contribution >= 0.6 is 0 Å². The van der Waals surface area contributed by atoms with E-state index in [1.54, 1.807) is 0 Å². The molecule has 1 atom stereocenters. The summed E-state index contributed by atoms with van der Waals surface area (Å²) in [6.45, 7) is 7.94.